The molecule has 2 heterocycles. The lowest BCUT2D eigenvalue weighted by molar-refractivity contribution is -0.140. The third-order valence-corrected chi connectivity index (χ3v) is 4.88. The van der Waals surface area contributed by atoms with Crippen LogP contribution in [-0.2, 0) is 17.3 Å². The highest BCUT2D eigenvalue weighted by Crippen LogP contribution is 2.35. The minimum Gasteiger partial charge on any atom is -0.380 e. The molecule has 5 nitrogen and oxygen atoms in total. The van der Waals surface area contributed by atoms with Crippen LogP contribution in [0.3, 0.4) is 0 Å². The molecule has 1 N–H and O–H groups in total. The fourth-order valence-corrected chi connectivity index (χ4v) is 3.54. The molecule has 0 fully saturated rings. The Hall–Kier alpha value is -2.74. The lowest BCUT2D eigenvalue weighted by Crippen LogP contribution is -2.28. The van der Waals surface area contributed by atoms with E-state index in [1.54, 1.807) is 13.3 Å². The second-order valence-corrected chi connectivity index (χ2v) is 6.46. The monoisotopic (exact) mass is 374 g/mol. The van der Waals surface area contributed by atoms with Crippen LogP contribution in [0.2, 0.25) is 0 Å². The van der Waals surface area contributed by atoms with Gasteiger partial charge in [-0.1, -0.05) is 24.3 Å². The number of nitrogens with zero attached hydrogens (tertiary/aromatic N) is 3. The van der Waals surface area contributed by atoms with Crippen molar-refractivity contribution in [2.75, 3.05) is 7.11 Å². The summed E-state index contributed by atoms with van der Waals surface area (Å²) in [5, 5.41) is 0.235. The van der Waals surface area contributed by atoms with Crippen LogP contribution in [0.1, 0.15) is 29.2 Å². The molecular weight excluding hydrogens is 357 g/mol. The summed E-state index contributed by atoms with van der Waals surface area (Å²) in [5.74, 6) is 0.107. The van der Waals surface area contributed by atoms with Crippen molar-refractivity contribution in [3.63, 3.8) is 0 Å². The molecule has 0 saturated heterocycles. The number of methoxy groups -OCH3 is 1. The van der Waals surface area contributed by atoms with E-state index in [4.69, 9.17) is 4.74 Å². The molecule has 0 bridgehead atoms. The molecule has 1 aliphatic carbocycles. The van der Waals surface area contributed by atoms with Crippen LogP contribution in [0, 0.1) is 0 Å². The highest BCUT2D eigenvalue weighted by Gasteiger charge is 2.33. The first kappa shape index (κ1) is 17.7. The first-order valence-electron chi connectivity index (χ1n) is 8.53. The van der Waals surface area contributed by atoms with Crippen LogP contribution >= 0.6 is 0 Å². The van der Waals surface area contributed by atoms with Crippen LogP contribution in [0.15, 0.2) is 41.7 Å². The first-order chi connectivity index (χ1) is 13.0. The maximum Gasteiger partial charge on any atom is 0.431 e. The van der Waals surface area contributed by atoms with Gasteiger partial charge in [0.2, 0.25) is 0 Å². The second-order valence-electron chi connectivity index (χ2n) is 6.46. The third kappa shape index (κ3) is 3.32. The van der Waals surface area contributed by atoms with Crippen molar-refractivity contribution >= 4 is 23.1 Å². The number of benzene rings is 1. The number of aromatic amines is 1. The van der Waals surface area contributed by atoms with E-state index in [0.717, 1.165) is 24.5 Å². The number of aliphatic imine (C=N–C) groups is 1. The summed E-state index contributed by atoms with van der Waals surface area (Å²) in [5.41, 5.74) is 1.59. The maximum absolute atomic E-state index is 13.0. The number of aryl methyl sites for hydroxylation is 1. The van der Waals surface area contributed by atoms with Gasteiger partial charge < -0.3 is 9.72 Å². The van der Waals surface area contributed by atoms with E-state index in [0.29, 0.717) is 0 Å². The zero-order valence-electron chi connectivity index (χ0n) is 14.5. The summed E-state index contributed by atoms with van der Waals surface area (Å²) < 4.78 is 44.5. The number of fused-ring (bicyclic) bond motifs is 2. The smallest absolute Gasteiger partial charge is 0.380 e. The van der Waals surface area contributed by atoms with Crippen LogP contribution in [0.4, 0.5) is 19.0 Å². The molecule has 2 aromatic heterocycles. The van der Waals surface area contributed by atoms with Gasteiger partial charge in [-0.2, -0.15) is 13.2 Å². The standard InChI is InChI=1S/C19H17F3N4O/c1-27-15-7-6-11-4-2-3-5-12(11)14(15)9-23-17-13-8-16(19(20,21)22)26-18(13)25-10-24-17/h2-5,8-10,14-15H,6-7H2,1H3,(H,24,25,26)/t14?,15-/m0/s1. The van der Waals surface area contributed by atoms with Gasteiger partial charge in [0.05, 0.1) is 11.5 Å². The topological polar surface area (TPSA) is 63.2 Å². The molecule has 140 valence electrons. The number of hydrogen-bond donors (Lipinski definition) is 1. The van der Waals surface area contributed by atoms with Gasteiger partial charge in [0.1, 0.15) is 17.7 Å². The van der Waals surface area contributed by atoms with Gasteiger partial charge in [-0.25, -0.2) is 15.0 Å². The number of alkyl halides is 3. The molecule has 1 aromatic carbocycles. The number of aromatic nitrogens is 3. The van der Waals surface area contributed by atoms with E-state index in [-0.39, 0.29) is 28.9 Å². The van der Waals surface area contributed by atoms with Crippen molar-refractivity contribution in [2.24, 2.45) is 4.99 Å². The number of nitrogens with one attached hydrogen (secondary N) is 1. The molecule has 0 aliphatic heterocycles. The Morgan fingerprint density at radius 1 is 1.26 bits per heavy atom. The number of ether oxygens (including phenoxy) is 1. The Kier molecular flexibility index (Phi) is 4.43. The lowest BCUT2D eigenvalue weighted by atomic mass is 9.81. The van der Waals surface area contributed by atoms with E-state index in [1.165, 1.54) is 11.9 Å². The molecule has 4 rings (SSSR count). The van der Waals surface area contributed by atoms with Crippen molar-refractivity contribution in [3.05, 3.63) is 53.5 Å². The van der Waals surface area contributed by atoms with E-state index in [2.05, 4.69) is 26.0 Å². The van der Waals surface area contributed by atoms with Crippen LogP contribution in [0.5, 0.6) is 0 Å². The van der Waals surface area contributed by atoms with Gasteiger partial charge in [0.15, 0.2) is 5.82 Å². The highest BCUT2D eigenvalue weighted by molar-refractivity contribution is 5.88. The van der Waals surface area contributed by atoms with Crippen molar-refractivity contribution in [3.8, 4) is 0 Å². The van der Waals surface area contributed by atoms with Crippen molar-refractivity contribution in [1.29, 1.82) is 0 Å². The summed E-state index contributed by atoms with van der Waals surface area (Å²) in [6.45, 7) is 0. The normalized spacial score (nSPS) is 20.3. The van der Waals surface area contributed by atoms with Crippen molar-refractivity contribution in [2.45, 2.75) is 31.0 Å². The second kappa shape index (κ2) is 6.77. The van der Waals surface area contributed by atoms with Gasteiger partial charge in [0.25, 0.3) is 0 Å². The van der Waals surface area contributed by atoms with E-state index in [9.17, 15) is 13.2 Å². The van der Waals surface area contributed by atoms with Crippen LogP contribution in [0.25, 0.3) is 11.0 Å². The number of H-pyrrole nitrogens is 1. The summed E-state index contributed by atoms with van der Waals surface area (Å²) in [7, 11) is 1.66. The van der Waals surface area contributed by atoms with E-state index in [1.807, 2.05) is 18.2 Å². The Morgan fingerprint density at radius 3 is 2.85 bits per heavy atom. The third-order valence-electron chi connectivity index (χ3n) is 4.88. The zero-order valence-corrected chi connectivity index (χ0v) is 14.5. The zero-order chi connectivity index (χ0) is 19.0. The molecule has 1 unspecified atom stereocenters. The summed E-state index contributed by atoms with van der Waals surface area (Å²) in [6, 6.07) is 9.05. The Balaban J connectivity index is 1.73. The predicted octanol–water partition coefficient (Wildman–Crippen LogP) is 4.42. The van der Waals surface area contributed by atoms with Gasteiger partial charge in [-0.05, 0) is 30.0 Å². The first-order valence-corrected chi connectivity index (χ1v) is 8.53. The van der Waals surface area contributed by atoms with Gasteiger partial charge >= 0.3 is 6.18 Å². The van der Waals surface area contributed by atoms with Gasteiger partial charge in [0, 0.05) is 19.2 Å². The Labute approximate surface area is 153 Å². The number of rotatable bonds is 3. The number of halogens is 3. The lowest BCUT2D eigenvalue weighted by Gasteiger charge is -2.30. The SMILES string of the molecule is CO[C@H]1CCc2ccccc2C1C=Nc1ncnc2[nH]c(C(F)(F)F)cc12. The minimum absolute atomic E-state index is 0.0436. The van der Waals surface area contributed by atoms with E-state index < -0.39 is 11.9 Å². The Bertz CT molecular complexity index is 996. The fraction of sp³-hybridized carbons (Fsp3) is 0.316. The summed E-state index contributed by atoms with van der Waals surface area (Å²) in [4.78, 5) is 14.6. The van der Waals surface area contributed by atoms with Crippen LogP contribution in [-0.4, -0.2) is 34.4 Å². The average Bonchev–Trinajstić information content (AvgIpc) is 3.11. The molecule has 0 spiro atoms. The largest absolute Gasteiger partial charge is 0.431 e. The summed E-state index contributed by atoms with van der Waals surface area (Å²) in [6.07, 6.45) is 0.168. The number of hydrogen-bond acceptors (Lipinski definition) is 4. The van der Waals surface area contributed by atoms with E-state index >= 15 is 0 Å². The molecule has 8 heteroatoms. The fourth-order valence-electron chi connectivity index (χ4n) is 3.54. The van der Waals surface area contributed by atoms with Crippen molar-refractivity contribution in [1.82, 2.24) is 15.0 Å². The molecule has 0 radical (unpaired) electrons. The van der Waals surface area contributed by atoms with Crippen LogP contribution < -0.4 is 0 Å². The Morgan fingerprint density at radius 2 is 2.07 bits per heavy atom. The molecule has 1 aliphatic rings. The minimum atomic E-state index is -4.48. The van der Waals surface area contributed by atoms with Gasteiger partial charge in [-0.3, -0.25) is 0 Å². The molecule has 0 amide bonds. The van der Waals surface area contributed by atoms with Crippen molar-refractivity contribution < 1.29 is 17.9 Å². The predicted molar refractivity (Wildman–Crippen MR) is 95.3 cm³/mol. The quantitative estimate of drug-likeness (QED) is 0.690. The molecule has 0 saturated carbocycles. The van der Waals surface area contributed by atoms with Gasteiger partial charge in [-0.15, -0.1) is 0 Å². The average molecular weight is 374 g/mol. The molecule has 27 heavy (non-hydrogen) atoms. The molecule has 3 aromatic rings. The summed E-state index contributed by atoms with van der Waals surface area (Å²) >= 11 is 0. The molecular formula is C19H17F3N4O. The highest BCUT2D eigenvalue weighted by atomic mass is 19.4. The molecule has 2 atom stereocenters. The maximum atomic E-state index is 13.0.